The molecule has 3 rings (SSSR count). The van der Waals surface area contributed by atoms with Crippen molar-refractivity contribution in [2.45, 2.75) is 46.0 Å². The number of nitrogens with zero attached hydrogens (tertiary/aromatic N) is 1. The summed E-state index contributed by atoms with van der Waals surface area (Å²) in [6.07, 6.45) is 6.84. The molecule has 2 fully saturated rings. The van der Waals surface area contributed by atoms with Crippen LogP contribution in [0.25, 0.3) is 0 Å². The molecule has 1 N–H and O–H groups in total. The Labute approximate surface area is 134 Å². The smallest absolute Gasteiger partial charge is 0.238 e. The van der Waals surface area contributed by atoms with Gasteiger partial charge in [-0.25, -0.2) is 0 Å². The van der Waals surface area contributed by atoms with E-state index in [0.717, 1.165) is 36.2 Å². The number of hydrogen-bond acceptors (Lipinski definition) is 2. The van der Waals surface area contributed by atoms with Crippen molar-refractivity contribution in [3.63, 3.8) is 0 Å². The summed E-state index contributed by atoms with van der Waals surface area (Å²) in [5.74, 6) is 1.88. The predicted molar refractivity (Wildman–Crippen MR) is 91.1 cm³/mol. The van der Waals surface area contributed by atoms with Crippen molar-refractivity contribution in [2.75, 3.05) is 25.0 Å². The zero-order chi connectivity index (χ0) is 15.5. The quantitative estimate of drug-likeness (QED) is 0.922. The number of rotatable bonds is 3. The molecule has 1 aromatic rings. The average Bonchev–Trinajstić information content (AvgIpc) is 2.51. The molecule has 2 atom stereocenters. The van der Waals surface area contributed by atoms with E-state index in [1.807, 2.05) is 6.92 Å². The number of piperidine rings is 1. The first-order valence-electron chi connectivity index (χ1n) is 8.71. The fourth-order valence-corrected chi connectivity index (χ4v) is 4.08. The molecule has 120 valence electrons. The molecule has 1 saturated carbocycles. The van der Waals surface area contributed by atoms with Gasteiger partial charge in [0.05, 0.1) is 6.54 Å². The van der Waals surface area contributed by atoms with Crippen molar-refractivity contribution < 1.29 is 4.79 Å². The van der Waals surface area contributed by atoms with E-state index in [-0.39, 0.29) is 5.91 Å². The summed E-state index contributed by atoms with van der Waals surface area (Å²) in [4.78, 5) is 14.7. The van der Waals surface area contributed by atoms with Crippen LogP contribution in [-0.2, 0) is 4.79 Å². The molecular formula is C19H28N2O. The molecule has 0 spiro atoms. The Bertz CT molecular complexity index is 540. The minimum absolute atomic E-state index is 0.128. The molecule has 1 heterocycles. The van der Waals surface area contributed by atoms with E-state index in [4.69, 9.17) is 0 Å². The fraction of sp³-hybridized carbons (Fsp3) is 0.632. The van der Waals surface area contributed by atoms with Crippen LogP contribution in [0, 0.1) is 25.7 Å². The van der Waals surface area contributed by atoms with Gasteiger partial charge in [-0.2, -0.15) is 0 Å². The summed E-state index contributed by atoms with van der Waals surface area (Å²) in [6.45, 7) is 6.84. The maximum Gasteiger partial charge on any atom is 0.238 e. The molecule has 22 heavy (non-hydrogen) atoms. The lowest BCUT2D eigenvalue weighted by Crippen LogP contribution is -2.44. The topological polar surface area (TPSA) is 32.3 Å². The lowest BCUT2D eigenvalue weighted by atomic mass is 9.75. The van der Waals surface area contributed by atoms with Gasteiger partial charge in [-0.15, -0.1) is 0 Å². The largest absolute Gasteiger partial charge is 0.325 e. The number of nitrogens with one attached hydrogen (secondary N) is 1. The maximum atomic E-state index is 12.4. The summed E-state index contributed by atoms with van der Waals surface area (Å²) in [5, 5.41) is 3.09. The van der Waals surface area contributed by atoms with E-state index in [0.29, 0.717) is 6.54 Å². The van der Waals surface area contributed by atoms with E-state index in [2.05, 4.69) is 35.3 Å². The SMILES string of the molecule is Cc1ccc(C)c(NC(=O)CN2CC[C@@H]3CCCC[C@@H]3C2)c1. The Morgan fingerprint density at radius 1 is 1.18 bits per heavy atom. The highest BCUT2D eigenvalue weighted by Crippen LogP contribution is 2.35. The Morgan fingerprint density at radius 2 is 1.95 bits per heavy atom. The Balaban J connectivity index is 1.54. The van der Waals surface area contributed by atoms with Gasteiger partial charge in [-0.1, -0.05) is 31.4 Å². The second-order valence-electron chi connectivity index (χ2n) is 7.19. The second kappa shape index (κ2) is 6.82. The Morgan fingerprint density at radius 3 is 2.77 bits per heavy atom. The average molecular weight is 300 g/mol. The monoisotopic (exact) mass is 300 g/mol. The molecule has 0 radical (unpaired) electrons. The number of aryl methyl sites for hydroxylation is 2. The molecule has 1 aliphatic carbocycles. The van der Waals surface area contributed by atoms with Crippen LogP contribution in [0.2, 0.25) is 0 Å². The Hall–Kier alpha value is -1.35. The molecule has 1 aliphatic heterocycles. The number of likely N-dealkylation sites (tertiary alicyclic amines) is 1. The van der Waals surface area contributed by atoms with Crippen molar-refractivity contribution in [3.05, 3.63) is 29.3 Å². The van der Waals surface area contributed by atoms with E-state index >= 15 is 0 Å². The molecule has 1 aromatic carbocycles. The summed E-state index contributed by atoms with van der Waals surface area (Å²) < 4.78 is 0. The molecule has 1 saturated heterocycles. The summed E-state index contributed by atoms with van der Waals surface area (Å²) in [7, 11) is 0. The second-order valence-corrected chi connectivity index (χ2v) is 7.19. The lowest BCUT2D eigenvalue weighted by Gasteiger charge is -2.41. The molecule has 3 heteroatoms. The molecule has 1 amide bonds. The van der Waals surface area contributed by atoms with Crippen LogP contribution >= 0.6 is 0 Å². The van der Waals surface area contributed by atoms with Crippen molar-refractivity contribution >= 4 is 11.6 Å². The lowest BCUT2D eigenvalue weighted by molar-refractivity contribution is -0.118. The number of carbonyl (C=O) groups excluding carboxylic acids is 1. The van der Waals surface area contributed by atoms with Crippen LogP contribution in [0.3, 0.4) is 0 Å². The van der Waals surface area contributed by atoms with Crippen molar-refractivity contribution in [2.24, 2.45) is 11.8 Å². The van der Waals surface area contributed by atoms with Crippen LogP contribution in [0.1, 0.15) is 43.2 Å². The number of anilines is 1. The van der Waals surface area contributed by atoms with Crippen LogP contribution < -0.4 is 5.32 Å². The van der Waals surface area contributed by atoms with Gasteiger partial charge in [0, 0.05) is 12.2 Å². The van der Waals surface area contributed by atoms with Gasteiger partial charge in [0.1, 0.15) is 0 Å². The summed E-state index contributed by atoms with van der Waals surface area (Å²) in [6, 6.07) is 6.21. The minimum atomic E-state index is 0.128. The summed E-state index contributed by atoms with van der Waals surface area (Å²) >= 11 is 0. The van der Waals surface area contributed by atoms with Crippen LogP contribution in [0.4, 0.5) is 5.69 Å². The van der Waals surface area contributed by atoms with Crippen LogP contribution in [0.15, 0.2) is 18.2 Å². The van der Waals surface area contributed by atoms with E-state index in [1.54, 1.807) is 0 Å². The van der Waals surface area contributed by atoms with E-state index < -0.39 is 0 Å². The first-order valence-corrected chi connectivity index (χ1v) is 8.71. The Kier molecular flexibility index (Phi) is 4.82. The number of carbonyl (C=O) groups is 1. The van der Waals surface area contributed by atoms with Crippen LogP contribution in [-0.4, -0.2) is 30.4 Å². The third kappa shape index (κ3) is 3.70. The fourth-order valence-electron chi connectivity index (χ4n) is 4.08. The number of fused-ring (bicyclic) bond motifs is 1. The van der Waals surface area contributed by atoms with Crippen molar-refractivity contribution in [1.29, 1.82) is 0 Å². The molecule has 0 bridgehead atoms. The highest BCUT2D eigenvalue weighted by molar-refractivity contribution is 5.93. The molecular weight excluding hydrogens is 272 g/mol. The maximum absolute atomic E-state index is 12.4. The number of amides is 1. The predicted octanol–water partition coefficient (Wildman–Crippen LogP) is 3.75. The van der Waals surface area contributed by atoms with Gasteiger partial charge in [-0.3, -0.25) is 9.69 Å². The van der Waals surface area contributed by atoms with Gasteiger partial charge < -0.3 is 5.32 Å². The summed E-state index contributed by atoms with van der Waals surface area (Å²) in [5.41, 5.74) is 3.27. The van der Waals surface area contributed by atoms with E-state index in [1.165, 1.54) is 37.7 Å². The third-order valence-corrected chi connectivity index (χ3v) is 5.41. The first-order chi connectivity index (χ1) is 10.6. The minimum Gasteiger partial charge on any atom is -0.325 e. The third-order valence-electron chi connectivity index (χ3n) is 5.41. The van der Waals surface area contributed by atoms with Gasteiger partial charge in [0.25, 0.3) is 0 Å². The normalized spacial score (nSPS) is 25.5. The zero-order valence-electron chi connectivity index (χ0n) is 13.9. The molecule has 2 aliphatic rings. The zero-order valence-corrected chi connectivity index (χ0v) is 13.9. The standard InChI is InChI=1S/C19H28N2O/c1-14-7-8-15(2)18(11-14)20-19(22)13-21-10-9-16-5-3-4-6-17(16)12-21/h7-8,11,16-17H,3-6,9-10,12-13H2,1-2H3,(H,20,22)/t16-,17+/m0/s1. The highest BCUT2D eigenvalue weighted by atomic mass is 16.2. The van der Waals surface area contributed by atoms with Crippen LogP contribution in [0.5, 0.6) is 0 Å². The van der Waals surface area contributed by atoms with E-state index in [9.17, 15) is 4.79 Å². The number of hydrogen-bond donors (Lipinski definition) is 1. The van der Waals surface area contributed by atoms with Gasteiger partial charge in [0.2, 0.25) is 5.91 Å². The first kappa shape index (κ1) is 15.5. The van der Waals surface area contributed by atoms with Gasteiger partial charge >= 0.3 is 0 Å². The van der Waals surface area contributed by atoms with Gasteiger partial charge in [0.15, 0.2) is 0 Å². The van der Waals surface area contributed by atoms with Crippen molar-refractivity contribution in [3.8, 4) is 0 Å². The number of benzene rings is 1. The highest BCUT2D eigenvalue weighted by Gasteiger charge is 2.31. The molecule has 0 unspecified atom stereocenters. The molecule has 3 nitrogen and oxygen atoms in total. The molecule has 0 aromatic heterocycles. The van der Waals surface area contributed by atoms with Gasteiger partial charge in [-0.05, 0) is 62.3 Å². The van der Waals surface area contributed by atoms with Crippen molar-refractivity contribution in [1.82, 2.24) is 4.90 Å².